The number of aromatic nitrogens is 3. The Hall–Kier alpha value is -2.15. The minimum atomic E-state index is -0.340. The number of benzene rings is 1. The molecule has 1 aliphatic carbocycles. The maximum absolute atomic E-state index is 14.0. The van der Waals surface area contributed by atoms with Crippen LogP contribution in [0.15, 0.2) is 41.1 Å². The fourth-order valence-corrected chi connectivity index (χ4v) is 3.97. The van der Waals surface area contributed by atoms with Gasteiger partial charge in [-0.05, 0) is 51.2 Å². The van der Waals surface area contributed by atoms with Crippen LogP contribution in [0.4, 0.5) is 4.39 Å². The third-order valence-corrected chi connectivity index (χ3v) is 5.87. The molecule has 7 heteroatoms. The Morgan fingerprint density at radius 1 is 1.33 bits per heavy atom. The highest BCUT2D eigenvalue weighted by Crippen LogP contribution is 2.27. The SMILES string of the molecule is CC(Sc1nnc(-c2ccccc2F)n1C)C(=O)NCCC1=CCCCC1. The standard InChI is InChI=1S/C20H25FN4OS/c1-14(19(26)22-13-12-15-8-4-3-5-9-15)27-20-24-23-18(25(20)2)16-10-6-7-11-17(16)21/h6-8,10-11,14H,3-5,9,12-13H2,1-2H3,(H,22,26). The molecule has 0 radical (unpaired) electrons. The van der Waals surface area contributed by atoms with E-state index >= 15 is 0 Å². The molecule has 1 aromatic heterocycles. The number of hydrogen-bond donors (Lipinski definition) is 1. The highest BCUT2D eigenvalue weighted by Gasteiger charge is 2.20. The fourth-order valence-electron chi connectivity index (χ4n) is 3.13. The fraction of sp³-hybridized carbons (Fsp3) is 0.450. The van der Waals surface area contributed by atoms with Crippen molar-refractivity contribution in [3.8, 4) is 11.4 Å². The number of amides is 1. The Morgan fingerprint density at radius 2 is 2.15 bits per heavy atom. The Bertz CT molecular complexity index is 833. The van der Waals surface area contributed by atoms with Gasteiger partial charge in [0.1, 0.15) is 5.82 Å². The molecule has 0 saturated heterocycles. The molecule has 1 aromatic carbocycles. The summed E-state index contributed by atoms with van der Waals surface area (Å²) in [6.07, 6.45) is 8.06. The Kier molecular flexibility index (Phi) is 6.66. The first-order valence-electron chi connectivity index (χ1n) is 9.33. The van der Waals surface area contributed by atoms with E-state index in [1.807, 2.05) is 6.92 Å². The quantitative estimate of drug-likeness (QED) is 0.573. The lowest BCUT2D eigenvalue weighted by Gasteiger charge is -2.14. The molecular weight excluding hydrogens is 363 g/mol. The van der Waals surface area contributed by atoms with Crippen molar-refractivity contribution >= 4 is 17.7 Å². The van der Waals surface area contributed by atoms with Crippen LogP contribution >= 0.6 is 11.8 Å². The van der Waals surface area contributed by atoms with E-state index in [1.165, 1.54) is 36.2 Å². The average molecular weight is 389 g/mol. The molecule has 5 nitrogen and oxygen atoms in total. The van der Waals surface area contributed by atoms with Gasteiger partial charge < -0.3 is 9.88 Å². The van der Waals surface area contributed by atoms with Gasteiger partial charge in [0.15, 0.2) is 11.0 Å². The number of rotatable bonds is 7. The molecule has 1 aliphatic rings. The Morgan fingerprint density at radius 3 is 2.89 bits per heavy atom. The molecule has 1 unspecified atom stereocenters. The zero-order valence-electron chi connectivity index (χ0n) is 15.7. The number of nitrogens with one attached hydrogen (secondary N) is 1. The third kappa shape index (κ3) is 4.97. The van der Waals surface area contributed by atoms with E-state index in [0.717, 1.165) is 19.3 Å². The van der Waals surface area contributed by atoms with Crippen molar-refractivity contribution in [2.75, 3.05) is 6.54 Å². The molecule has 0 saturated carbocycles. The number of thioether (sulfide) groups is 1. The van der Waals surface area contributed by atoms with Gasteiger partial charge in [0.05, 0.1) is 10.8 Å². The maximum Gasteiger partial charge on any atom is 0.233 e. The monoisotopic (exact) mass is 388 g/mol. The van der Waals surface area contributed by atoms with Crippen molar-refractivity contribution in [2.24, 2.45) is 7.05 Å². The molecule has 144 valence electrons. The summed E-state index contributed by atoms with van der Waals surface area (Å²) in [6, 6.07) is 6.47. The second kappa shape index (κ2) is 9.17. The first kappa shape index (κ1) is 19.6. The predicted molar refractivity (Wildman–Crippen MR) is 106 cm³/mol. The predicted octanol–water partition coefficient (Wildman–Crippen LogP) is 4.11. The van der Waals surface area contributed by atoms with Gasteiger partial charge >= 0.3 is 0 Å². The van der Waals surface area contributed by atoms with Crippen LogP contribution in [0.3, 0.4) is 0 Å². The molecule has 3 rings (SSSR count). The van der Waals surface area contributed by atoms with E-state index in [0.29, 0.717) is 23.1 Å². The number of halogens is 1. The van der Waals surface area contributed by atoms with E-state index in [-0.39, 0.29) is 17.0 Å². The lowest BCUT2D eigenvalue weighted by atomic mass is 9.97. The van der Waals surface area contributed by atoms with Crippen LogP contribution < -0.4 is 5.32 Å². The molecule has 27 heavy (non-hydrogen) atoms. The summed E-state index contributed by atoms with van der Waals surface area (Å²) < 4.78 is 15.7. The maximum atomic E-state index is 14.0. The highest BCUT2D eigenvalue weighted by molar-refractivity contribution is 8.00. The van der Waals surface area contributed by atoms with Crippen LogP contribution in [-0.2, 0) is 11.8 Å². The lowest BCUT2D eigenvalue weighted by Crippen LogP contribution is -2.32. The smallest absolute Gasteiger partial charge is 0.233 e. The second-order valence-corrected chi connectivity index (χ2v) is 8.06. The molecule has 0 spiro atoms. The first-order valence-corrected chi connectivity index (χ1v) is 10.2. The first-order chi connectivity index (χ1) is 13.1. The van der Waals surface area contributed by atoms with Crippen LogP contribution in [0.2, 0.25) is 0 Å². The molecule has 1 N–H and O–H groups in total. The molecule has 1 atom stereocenters. The van der Waals surface area contributed by atoms with Crippen molar-refractivity contribution in [2.45, 2.75) is 49.4 Å². The van der Waals surface area contributed by atoms with Crippen molar-refractivity contribution in [3.05, 3.63) is 41.7 Å². The van der Waals surface area contributed by atoms with Gasteiger partial charge in [0.25, 0.3) is 0 Å². The number of carbonyl (C=O) groups is 1. The van der Waals surface area contributed by atoms with E-state index in [1.54, 1.807) is 29.8 Å². The molecular formula is C20H25FN4OS. The van der Waals surface area contributed by atoms with E-state index < -0.39 is 0 Å². The second-order valence-electron chi connectivity index (χ2n) is 6.75. The molecule has 1 amide bonds. The van der Waals surface area contributed by atoms with Gasteiger partial charge in [-0.1, -0.05) is 35.5 Å². The minimum absolute atomic E-state index is 0.0214. The van der Waals surface area contributed by atoms with Gasteiger partial charge in [-0.3, -0.25) is 4.79 Å². The molecule has 1 heterocycles. The van der Waals surface area contributed by atoms with Crippen molar-refractivity contribution < 1.29 is 9.18 Å². The topological polar surface area (TPSA) is 59.8 Å². The summed E-state index contributed by atoms with van der Waals surface area (Å²) in [6.45, 7) is 2.51. The average Bonchev–Trinajstić information content (AvgIpc) is 3.03. The van der Waals surface area contributed by atoms with Crippen molar-refractivity contribution in [3.63, 3.8) is 0 Å². The Labute approximate surface area is 163 Å². The van der Waals surface area contributed by atoms with Crippen molar-refractivity contribution in [1.29, 1.82) is 0 Å². The molecule has 0 bridgehead atoms. The molecule has 0 fully saturated rings. The Balaban J connectivity index is 1.56. The molecule has 2 aromatic rings. The summed E-state index contributed by atoms with van der Waals surface area (Å²) >= 11 is 1.33. The third-order valence-electron chi connectivity index (χ3n) is 4.73. The van der Waals surface area contributed by atoms with E-state index in [4.69, 9.17) is 0 Å². The van der Waals surface area contributed by atoms with E-state index in [2.05, 4.69) is 21.6 Å². The molecule has 0 aliphatic heterocycles. The normalized spacial score (nSPS) is 15.3. The number of nitrogens with zero attached hydrogens (tertiary/aromatic N) is 3. The van der Waals surface area contributed by atoms with Gasteiger partial charge in [0.2, 0.25) is 5.91 Å². The summed E-state index contributed by atoms with van der Waals surface area (Å²) in [5.74, 6) is 0.0895. The summed E-state index contributed by atoms with van der Waals surface area (Å²) in [7, 11) is 1.78. The largest absolute Gasteiger partial charge is 0.355 e. The van der Waals surface area contributed by atoms with Gasteiger partial charge in [-0.15, -0.1) is 10.2 Å². The zero-order chi connectivity index (χ0) is 19.2. The number of carbonyl (C=O) groups excluding carboxylic acids is 1. The van der Waals surface area contributed by atoms with Crippen LogP contribution in [0.5, 0.6) is 0 Å². The number of allylic oxidation sites excluding steroid dienone is 1. The van der Waals surface area contributed by atoms with Crippen LogP contribution in [0.1, 0.15) is 39.0 Å². The van der Waals surface area contributed by atoms with Crippen LogP contribution in [-0.4, -0.2) is 32.5 Å². The van der Waals surface area contributed by atoms with Crippen molar-refractivity contribution in [1.82, 2.24) is 20.1 Å². The van der Waals surface area contributed by atoms with Gasteiger partial charge in [0, 0.05) is 13.6 Å². The van der Waals surface area contributed by atoms with Crippen LogP contribution in [0, 0.1) is 5.82 Å². The zero-order valence-corrected chi connectivity index (χ0v) is 16.6. The van der Waals surface area contributed by atoms with Gasteiger partial charge in [-0.2, -0.15) is 0 Å². The van der Waals surface area contributed by atoms with Crippen LogP contribution in [0.25, 0.3) is 11.4 Å². The number of hydrogen-bond acceptors (Lipinski definition) is 4. The highest BCUT2D eigenvalue weighted by atomic mass is 32.2. The summed E-state index contributed by atoms with van der Waals surface area (Å²) in [5, 5.41) is 11.5. The van der Waals surface area contributed by atoms with E-state index in [9.17, 15) is 9.18 Å². The van der Waals surface area contributed by atoms with Gasteiger partial charge in [-0.25, -0.2) is 4.39 Å². The minimum Gasteiger partial charge on any atom is -0.355 e. The lowest BCUT2D eigenvalue weighted by molar-refractivity contribution is -0.120. The summed E-state index contributed by atoms with van der Waals surface area (Å²) in [5.41, 5.74) is 1.85. The summed E-state index contributed by atoms with van der Waals surface area (Å²) in [4.78, 5) is 12.4.